The zero-order valence-corrected chi connectivity index (χ0v) is 12.4. The molecule has 0 aliphatic rings. The fraction of sp³-hybridized carbons (Fsp3) is 0.727. The third-order valence-electron chi connectivity index (χ3n) is 3.22. The topological polar surface area (TPSA) is 78.1 Å². The molecule has 0 aliphatic carbocycles. The van der Waals surface area contributed by atoms with Gasteiger partial charge in [0.05, 0.1) is 6.20 Å². The highest BCUT2D eigenvalue weighted by Crippen LogP contribution is 2.20. The molecule has 0 aromatic carbocycles. The van der Waals surface area contributed by atoms with Gasteiger partial charge in [0.25, 0.3) is 10.0 Å². The van der Waals surface area contributed by atoms with Crippen LogP contribution in [0.25, 0.3) is 0 Å². The van der Waals surface area contributed by atoms with E-state index in [9.17, 15) is 8.42 Å². The van der Waals surface area contributed by atoms with E-state index in [-0.39, 0.29) is 17.0 Å². The van der Waals surface area contributed by atoms with Crippen LogP contribution in [0.15, 0.2) is 11.2 Å². The third kappa shape index (κ3) is 2.90. The molecule has 1 aromatic rings. The van der Waals surface area contributed by atoms with Crippen LogP contribution in [0.3, 0.4) is 0 Å². The van der Waals surface area contributed by atoms with Gasteiger partial charge in [0, 0.05) is 25.2 Å². The van der Waals surface area contributed by atoms with Crippen molar-refractivity contribution in [2.24, 2.45) is 5.92 Å². The van der Waals surface area contributed by atoms with Crippen molar-refractivity contribution in [2.75, 3.05) is 14.1 Å². The molecule has 1 rings (SSSR count). The van der Waals surface area contributed by atoms with Gasteiger partial charge in [0.15, 0.2) is 5.03 Å². The molecule has 1 heterocycles. The van der Waals surface area contributed by atoms with E-state index in [1.807, 2.05) is 20.8 Å². The van der Waals surface area contributed by atoms with Crippen LogP contribution >= 0.6 is 0 Å². The number of hydrogen-bond donors (Lipinski definition) is 2. The lowest BCUT2D eigenvalue weighted by atomic mass is 10.1. The molecule has 0 bridgehead atoms. The SMILES string of the molecule is CNCc1cn[nH]c1S(=O)(=O)N(C)C(C)C(C)C. The quantitative estimate of drug-likeness (QED) is 0.804. The first kappa shape index (κ1) is 15.1. The van der Waals surface area contributed by atoms with Gasteiger partial charge in [-0.3, -0.25) is 5.10 Å². The van der Waals surface area contributed by atoms with Crippen LogP contribution in [-0.4, -0.2) is 43.1 Å². The monoisotopic (exact) mass is 274 g/mol. The minimum absolute atomic E-state index is 0.0688. The van der Waals surface area contributed by atoms with Gasteiger partial charge in [0.2, 0.25) is 0 Å². The molecule has 0 spiro atoms. The van der Waals surface area contributed by atoms with E-state index >= 15 is 0 Å². The molecule has 0 saturated heterocycles. The molecule has 0 saturated carbocycles. The number of aromatic amines is 1. The summed E-state index contributed by atoms with van der Waals surface area (Å²) < 4.78 is 26.3. The normalized spacial score (nSPS) is 14.4. The molecule has 18 heavy (non-hydrogen) atoms. The van der Waals surface area contributed by atoms with Crippen molar-refractivity contribution in [3.05, 3.63) is 11.8 Å². The molecule has 2 N–H and O–H groups in total. The maximum Gasteiger partial charge on any atom is 0.260 e. The Hall–Kier alpha value is -0.920. The van der Waals surface area contributed by atoms with Gasteiger partial charge in [-0.1, -0.05) is 13.8 Å². The van der Waals surface area contributed by atoms with Crippen molar-refractivity contribution in [1.82, 2.24) is 19.8 Å². The van der Waals surface area contributed by atoms with Crippen LogP contribution in [0.4, 0.5) is 0 Å². The smallest absolute Gasteiger partial charge is 0.260 e. The first-order valence-electron chi connectivity index (χ1n) is 5.97. The molecule has 1 aromatic heterocycles. The largest absolute Gasteiger partial charge is 0.316 e. The first-order valence-corrected chi connectivity index (χ1v) is 7.41. The minimum atomic E-state index is -3.52. The van der Waals surface area contributed by atoms with E-state index in [2.05, 4.69) is 15.5 Å². The zero-order valence-electron chi connectivity index (χ0n) is 11.6. The second-order valence-electron chi connectivity index (χ2n) is 4.76. The molecule has 0 radical (unpaired) electrons. The summed E-state index contributed by atoms with van der Waals surface area (Å²) in [5, 5.41) is 9.51. The molecule has 0 aliphatic heterocycles. The standard InChI is InChI=1S/C11H22N4O2S/c1-8(2)9(3)15(5)18(16,17)11-10(6-12-4)7-13-14-11/h7-9,12H,6H2,1-5H3,(H,13,14). The Morgan fingerprint density at radius 2 is 2.06 bits per heavy atom. The van der Waals surface area contributed by atoms with Gasteiger partial charge in [-0.05, 0) is 19.9 Å². The molecule has 0 fully saturated rings. The minimum Gasteiger partial charge on any atom is -0.316 e. The average Bonchev–Trinajstić information content (AvgIpc) is 2.76. The Morgan fingerprint density at radius 1 is 1.44 bits per heavy atom. The Balaban J connectivity index is 3.09. The van der Waals surface area contributed by atoms with Crippen molar-refractivity contribution < 1.29 is 8.42 Å². The van der Waals surface area contributed by atoms with Crippen molar-refractivity contribution >= 4 is 10.0 Å². The van der Waals surface area contributed by atoms with Crippen LogP contribution < -0.4 is 5.32 Å². The Labute approximate surface area is 109 Å². The molecule has 104 valence electrons. The number of sulfonamides is 1. The van der Waals surface area contributed by atoms with E-state index in [1.54, 1.807) is 14.1 Å². The summed E-state index contributed by atoms with van der Waals surface area (Å²) in [6.45, 7) is 6.36. The summed E-state index contributed by atoms with van der Waals surface area (Å²) in [5.74, 6) is 0.250. The van der Waals surface area contributed by atoms with Crippen molar-refractivity contribution in [2.45, 2.75) is 38.4 Å². The van der Waals surface area contributed by atoms with Crippen LogP contribution in [0, 0.1) is 5.92 Å². The van der Waals surface area contributed by atoms with E-state index in [1.165, 1.54) is 10.5 Å². The summed E-state index contributed by atoms with van der Waals surface area (Å²) in [5.41, 5.74) is 0.653. The van der Waals surface area contributed by atoms with Gasteiger partial charge < -0.3 is 5.32 Å². The number of rotatable bonds is 6. The summed E-state index contributed by atoms with van der Waals surface area (Å²) in [7, 11) is -0.149. The predicted octanol–water partition coefficient (Wildman–Crippen LogP) is 0.794. The lowest BCUT2D eigenvalue weighted by Gasteiger charge is -2.26. The summed E-state index contributed by atoms with van der Waals surface area (Å²) in [6, 6.07) is -0.0688. The number of aromatic nitrogens is 2. The van der Waals surface area contributed by atoms with Gasteiger partial charge in [0.1, 0.15) is 0 Å². The van der Waals surface area contributed by atoms with E-state index in [0.29, 0.717) is 12.1 Å². The van der Waals surface area contributed by atoms with E-state index < -0.39 is 10.0 Å². The lowest BCUT2D eigenvalue weighted by Crippen LogP contribution is -2.38. The van der Waals surface area contributed by atoms with E-state index in [0.717, 1.165) is 0 Å². The summed E-state index contributed by atoms with van der Waals surface area (Å²) >= 11 is 0. The van der Waals surface area contributed by atoms with Crippen LogP contribution in [0.1, 0.15) is 26.3 Å². The zero-order chi connectivity index (χ0) is 13.9. The second-order valence-corrected chi connectivity index (χ2v) is 6.69. The van der Waals surface area contributed by atoms with Crippen LogP contribution in [0.2, 0.25) is 0 Å². The lowest BCUT2D eigenvalue weighted by molar-refractivity contribution is 0.314. The van der Waals surface area contributed by atoms with Gasteiger partial charge in [-0.15, -0.1) is 0 Å². The van der Waals surface area contributed by atoms with Gasteiger partial charge >= 0.3 is 0 Å². The second kappa shape index (κ2) is 5.81. The average molecular weight is 274 g/mol. The molecular formula is C11H22N4O2S. The first-order chi connectivity index (χ1) is 8.32. The van der Waals surface area contributed by atoms with Crippen molar-refractivity contribution in [3.8, 4) is 0 Å². The number of hydrogen-bond acceptors (Lipinski definition) is 4. The Morgan fingerprint density at radius 3 is 2.56 bits per heavy atom. The summed E-state index contributed by atoms with van der Waals surface area (Å²) in [6.07, 6.45) is 1.54. The fourth-order valence-corrected chi connectivity index (χ4v) is 3.22. The molecule has 0 amide bonds. The van der Waals surface area contributed by atoms with Crippen LogP contribution in [0.5, 0.6) is 0 Å². The Kier molecular flexibility index (Phi) is 4.89. The predicted molar refractivity (Wildman–Crippen MR) is 70.6 cm³/mol. The number of H-pyrrole nitrogens is 1. The maximum atomic E-state index is 12.5. The molecular weight excluding hydrogens is 252 g/mol. The fourth-order valence-electron chi connectivity index (χ4n) is 1.62. The number of nitrogens with one attached hydrogen (secondary N) is 2. The molecule has 7 heteroatoms. The maximum absolute atomic E-state index is 12.5. The highest BCUT2D eigenvalue weighted by molar-refractivity contribution is 7.89. The Bertz CT molecular complexity index is 481. The third-order valence-corrected chi connectivity index (χ3v) is 5.18. The highest BCUT2D eigenvalue weighted by atomic mass is 32.2. The molecule has 1 unspecified atom stereocenters. The molecule has 6 nitrogen and oxygen atoms in total. The van der Waals surface area contributed by atoms with Crippen molar-refractivity contribution in [3.63, 3.8) is 0 Å². The van der Waals surface area contributed by atoms with Gasteiger partial charge in [-0.25, -0.2) is 8.42 Å². The van der Waals surface area contributed by atoms with E-state index in [4.69, 9.17) is 0 Å². The van der Waals surface area contributed by atoms with Gasteiger partial charge in [-0.2, -0.15) is 9.40 Å². The highest BCUT2D eigenvalue weighted by Gasteiger charge is 2.30. The van der Waals surface area contributed by atoms with Crippen molar-refractivity contribution in [1.29, 1.82) is 0 Å². The molecule has 1 atom stereocenters. The number of nitrogens with zero attached hydrogens (tertiary/aromatic N) is 2. The summed E-state index contributed by atoms with van der Waals surface area (Å²) in [4.78, 5) is 0. The van der Waals surface area contributed by atoms with Crippen LogP contribution in [-0.2, 0) is 16.6 Å².